The summed E-state index contributed by atoms with van der Waals surface area (Å²) in [6.45, 7) is 2.42. The lowest BCUT2D eigenvalue weighted by Gasteiger charge is -2.28. The van der Waals surface area contributed by atoms with Crippen molar-refractivity contribution >= 4 is 0 Å². The van der Waals surface area contributed by atoms with Crippen LogP contribution in [0.3, 0.4) is 0 Å². The van der Waals surface area contributed by atoms with Gasteiger partial charge in [0.05, 0.1) is 0 Å². The summed E-state index contributed by atoms with van der Waals surface area (Å²) < 4.78 is 0. The number of hydrogen-bond acceptors (Lipinski definition) is 0. The Labute approximate surface area is 95.8 Å². The van der Waals surface area contributed by atoms with Crippen LogP contribution in [-0.4, -0.2) is 0 Å². The molecule has 0 bridgehead atoms. The average molecular weight is 207 g/mol. The molecule has 0 heteroatoms. The van der Waals surface area contributed by atoms with Gasteiger partial charge in [0.2, 0.25) is 0 Å². The quantitative estimate of drug-likeness (QED) is 0.612. The molecule has 0 unspecified atom stereocenters. The first kappa shape index (κ1) is 11.5. The van der Waals surface area contributed by atoms with Crippen molar-refractivity contribution in [1.29, 1.82) is 0 Å². The molecule has 0 aromatic rings. The largest absolute Gasteiger partial charge is 0.0625 e. The summed E-state index contributed by atoms with van der Waals surface area (Å²) in [6, 6.07) is 0. The highest BCUT2D eigenvalue weighted by atomic mass is 14.3. The summed E-state index contributed by atoms with van der Waals surface area (Å²) in [6.07, 6.45) is 17.4. The lowest BCUT2D eigenvalue weighted by atomic mass is 9.78. The van der Waals surface area contributed by atoms with E-state index in [2.05, 4.69) is 13.3 Å². The van der Waals surface area contributed by atoms with Crippen molar-refractivity contribution in [2.75, 3.05) is 0 Å². The van der Waals surface area contributed by atoms with Crippen LogP contribution < -0.4 is 0 Å². The zero-order chi connectivity index (χ0) is 10.5. The first-order valence-electron chi connectivity index (χ1n) is 7.16. The Bertz CT molecular complexity index is 159. The molecular formula is C15H27. The summed E-state index contributed by atoms with van der Waals surface area (Å²) >= 11 is 0. The van der Waals surface area contributed by atoms with Gasteiger partial charge >= 0.3 is 0 Å². The molecule has 0 nitrogen and oxygen atoms in total. The van der Waals surface area contributed by atoms with Gasteiger partial charge in [0.15, 0.2) is 0 Å². The van der Waals surface area contributed by atoms with Crippen LogP contribution >= 0.6 is 0 Å². The van der Waals surface area contributed by atoms with Crippen molar-refractivity contribution < 1.29 is 0 Å². The minimum absolute atomic E-state index is 1.02. The predicted molar refractivity (Wildman–Crippen MR) is 66.6 cm³/mol. The van der Waals surface area contributed by atoms with Crippen molar-refractivity contribution in [1.82, 2.24) is 0 Å². The SMILES string of the molecule is CC1CCC(CCC2CC[CH]CC2)CC1. The highest BCUT2D eigenvalue weighted by Crippen LogP contribution is 2.34. The van der Waals surface area contributed by atoms with Crippen LogP contribution in [0.25, 0.3) is 0 Å². The maximum absolute atomic E-state index is 2.48. The van der Waals surface area contributed by atoms with Crippen LogP contribution in [0.5, 0.6) is 0 Å². The Morgan fingerprint density at radius 1 is 0.800 bits per heavy atom. The van der Waals surface area contributed by atoms with Crippen molar-refractivity contribution in [2.45, 2.75) is 71.1 Å². The summed E-state index contributed by atoms with van der Waals surface area (Å²) in [5.41, 5.74) is 0. The molecule has 0 atom stereocenters. The van der Waals surface area contributed by atoms with Gasteiger partial charge in [-0.1, -0.05) is 58.3 Å². The molecule has 0 heterocycles. The Morgan fingerprint density at radius 3 is 1.93 bits per heavy atom. The molecule has 87 valence electrons. The molecule has 0 amide bonds. The Morgan fingerprint density at radius 2 is 1.33 bits per heavy atom. The fourth-order valence-corrected chi connectivity index (χ4v) is 3.37. The first-order chi connectivity index (χ1) is 7.34. The molecule has 15 heavy (non-hydrogen) atoms. The Kier molecular flexibility index (Phi) is 4.53. The van der Waals surface area contributed by atoms with E-state index in [0.717, 1.165) is 17.8 Å². The third-order valence-electron chi connectivity index (χ3n) is 4.68. The Balaban J connectivity index is 1.60. The lowest BCUT2D eigenvalue weighted by molar-refractivity contribution is 0.250. The average Bonchev–Trinajstić information content (AvgIpc) is 2.30. The molecule has 2 aliphatic rings. The van der Waals surface area contributed by atoms with Crippen LogP contribution in [-0.2, 0) is 0 Å². The Hall–Kier alpha value is 0. The molecule has 0 N–H and O–H groups in total. The molecule has 0 aromatic heterocycles. The minimum Gasteiger partial charge on any atom is -0.0625 e. The van der Waals surface area contributed by atoms with Crippen molar-refractivity contribution in [3.8, 4) is 0 Å². The normalized spacial score (nSPS) is 34.2. The second-order valence-electron chi connectivity index (χ2n) is 6.01. The lowest BCUT2D eigenvalue weighted by Crippen LogP contribution is -2.14. The highest BCUT2D eigenvalue weighted by Gasteiger charge is 2.20. The van der Waals surface area contributed by atoms with E-state index in [-0.39, 0.29) is 0 Å². The van der Waals surface area contributed by atoms with Crippen molar-refractivity contribution in [3.05, 3.63) is 6.42 Å². The predicted octanol–water partition coefficient (Wildman–Crippen LogP) is 4.99. The molecule has 0 saturated heterocycles. The zero-order valence-corrected chi connectivity index (χ0v) is 10.4. The van der Waals surface area contributed by atoms with Crippen molar-refractivity contribution in [3.63, 3.8) is 0 Å². The molecule has 2 aliphatic carbocycles. The molecule has 2 fully saturated rings. The molecule has 2 rings (SSSR count). The molecule has 0 spiro atoms. The van der Waals surface area contributed by atoms with E-state index in [1.54, 1.807) is 0 Å². The monoisotopic (exact) mass is 207 g/mol. The van der Waals surface area contributed by atoms with Crippen LogP contribution in [0.2, 0.25) is 0 Å². The minimum atomic E-state index is 1.02. The van der Waals surface area contributed by atoms with E-state index in [9.17, 15) is 0 Å². The molecule has 2 saturated carbocycles. The van der Waals surface area contributed by atoms with Crippen LogP contribution in [0, 0.1) is 24.2 Å². The van der Waals surface area contributed by atoms with Gasteiger partial charge in [-0.25, -0.2) is 0 Å². The maximum Gasteiger partial charge on any atom is -0.0386 e. The van der Waals surface area contributed by atoms with E-state index in [1.165, 1.54) is 64.2 Å². The summed E-state index contributed by atoms with van der Waals surface area (Å²) in [5, 5.41) is 0. The first-order valence-corrected chi connectivity index (χ1v) is 7.16. The second kappa shape index (κ2) is 5.92. The third-order valence-corrected chi connectivity index (χ3v) is 4.68. The topological polar surface area (TPSA) is 0 Å². The molecule has 0 aliphatic heterocycles. The van der Waals surface area contributed by atoms with E-state index in [1.807, 2.05) is 0 Å². The molecular weight excluding hydrogens is 180 g/mol. The highest BCUT2D eigenvalue weighted by molar-refractivity contribution is 4.78. The standard InChI is InChI=1S/C15H27/c1-13-7-9-15(10-8-13)12-11-14-5-3-2-4-6-14/h2,13-15H,3-12H2,1H3. The van der Waals surface area contributed by atoms with E-state index in [0.29, 0.717) is 0 Å². The van der Waals surface area contributed by atoms with Crippen LogP contribution in [0.4, 0.5) is 0 Å². The van der Waals surface area contributed by atoms with Gasteiger partial charge in [-0.15, -0.1) is 0 Å². The van der Waals surface area contributed by atoms with Gasteiger partial charge in [0.25, 0.3) is 0 Å². The van der Waals surface area contributed by atoms with Crippen LogP contribution in [0.1, 0.15) is 71.1 Å². The summed E-state index contributed by atoms with van der Waals surface area (Å²) in [5.74, 6) is 3.19. The zero-order valence-electron chi connectivity index (χ0n) is 10.4. The smallest absolute Gasteiger partial charge is 0.0386 e. The molecule has 0 aromatic carbocycles. The van der Waals surface area contributed by atoms with Crippen molar-refractivity contribution in [2.24, 2.45) is 17.8 Å². The number of hydrogen-bond donors (Lipinski definition) is 0. The number of rotatable bonds is 3. The third kappa shape index (κ3) is 3.81. The fraction of sp³-hybridized carbons (Fsp3) is 0.933. The van der Waals surface area contributed by atoms with E-state index >= 15 is 0 Å². The van der Waals surface area contributed by atoms with Gasteiger partial charge in [0, 0.05) is 0 Å². The van der Waals surface area contributed by atoms with Crippen LogP contribution in [0.15, 0.2) is 0 Å². The van der Waals surface area contributed by atoms with Gasteiger partial charge < -0.3 is 0 Å². The second-order valence-corrected chi connectivity index (χ2v) is 6.01. The fourth-order valence-electron chi connectivity index (χ4n) is 3.37. The van der Waals surface area contributed by atoms with Gasteiger partial charge in [-0.2, -0.15) is 0 Å². The van der Waals surface area contributed by atoms with Gasteiger partial charge in [-0.05, 0) is 37.0 Å². The van der Waals surface area contributed by atoms with Gasteiger partial charge in [0.1, 0.15) is 0 Å². The van der Waals surface area contributed by atoms with E-state index in [4.69, 9.17) is 0 Å². The maximum atomic E-state index is 2.48. The molecule has 1 radical (unpaired) electrons. The summed E-state index contributed by atoms with van der Waals surface area (Å²) in [4.78, 5) is 0. The van der Waals surface area contributed by atoms with E-state index < -0.39 is 0 Å². The summed E-state index contributed by atoms with van der Waals surface area (Å²) in [7, 11) is 0. The van der Waals surface area contributed by atoms with Gasteiger partial charge in [-0.3, -0.25) is 0 Å².